The SMILES string of the molecule is CN=C(C)N1C(=O)C(C)(C)c2ccc(-c3cnc(C)nc3)cc21. The smallest absolute Gasteiger partial charge is 0.242 e. The maximum absolute atomic E-state index is 12.8. The number of fused-ring (bicyclic) bond motifs is 1. The maximum Gasteiger partial charge on any atom is 0.242 e. The molecule has 118 valence electrons. The molecule has 1 aromatic heterocycles. The molecule has 0 saturated heterocycles. The molecule has 0 bridgehead atoms. The molecule has 1 amide bonds. The highest BCUT2D eigenvalue weighted by Gasteiger charge is 2.44. The number of rotatable bonds is 1. The number of carbonyl (C=O) groups excluding carboxylic acids is 1. The summed E-state index contributed by atoms with van der Waals surface area (Å²) in [7, 11) is 1.70. The van der Waals surface area contributed by atoms with Crippen molar-refractivity contribution < 1.29 is 4.79 Å². The van der Waals surface area contributed by atoms with Gasteiger partial charge >= 0.3 is 0 Å². The van der Waals surface area contributed by atoms with Crippen molar-refractivity contribution in [2.24, 2.45) is 4.99 Å². The molecule has 23 heavy (non-hydrogen) atoms. The lowest BCUT2D eigenvalue weighted by atomic mass is 9.85. The predicted octanol–water partition coefficient (Wildman–Crippen LogP) is 3.12. The van der Waals surface area contributed by atoms with E-state index in [0.717, 1.165) is 28.2 Å². The number of anilines is 1. The van der Waals surface area contributed by atoms with Gasteiger partial charge in [0.2, 0.25) is 5.91 Å². The first-order valence-corrected chi connectivity index (χ1v) is 7.57. The van der Waals surface area contributed by atoms with E-state index < -0.39 is 5.41 Å². The molecule has 2 heterocycles. The molecule has 0 N–H and O–H groups in total. The molecule has 0 fully saturated rings. The van der Waals surface area contributed by atoms with Crippen molar-refractivity contribution in [1.29, 1.82) is 0 Å². The minimum absolute atomic E-state index is 0.0490. The molecule has 5 heteroatoms. The summed E-state index contributed by atoms with van der Waals surface area (Å²) in [6.07, 6.45) is 3.61. The number of hydrogen-bond donors (Lipinski definition) is 0. The summed E-state index contributed by atoms with van der Waals surface area (Å²) >= 11 is 0. The van der Waals surface area contributed by atoms with Gasteiger partial charge in [0.05, 0.1) is 11.1 Å². The van der Waals surface area contributed by atoms with Crippen LogP contribution in [0.3, 0.4) is 0 Å². The highest BCUT2D eigenvalue weighted by Crippen LogP contribution is 2.43. The second-order valence-corrected chi connectivity index (χ2v) is 6.29. The fraction of sp³-hybridized carbons (Fsp3) is 0.333. The Hall–Kier alpha value is -2.56. The molecule has 3 rings (SSSR count). The molecule has 1 aliphatic heterocycles. The minimum Gasteiger partial charge on any atom is -0.275 e. The predicted molar refractivity (Wildman–Crippen MR) is 91.8 cm³/mol. The first-order chi connectivity index (χ1) is 10.9. The van der Waals surface area contributed by atoms with E-state index in [0.29, 0.717) is 5.84 Å². The normalized spacial score (nSPS) is 16.7. The zero-order chi connectivity index (χ0) is 16.8. The first kappa shape index (κ1) is 15.3. The van der Waals surface area contributed by atoms with Crippen LogP contribution in [0.2, 0.25) is 0 Å². The second kappa shape index (κ2) is 5.26. The van der Waals surface area contributed by atoms with Crippen LogP contribution in [-0.2, 0) is 10.2 Å². The van der Waals surface area contributed by atoms with E-state index in [2.05, 4.69) is 15.0 Å². The van der Waals surface area contributed by atoms with Crippen molar-refractivity contribution in [2.45, 2.75) is 33.1 Å². The van der Waals surface area contributed by atoms with E-state index in [1.165, 1.54) is 0 Å². The van der Waals surface area contributed by atoms with E-state index >= 15 is 0 Å². The Morgan fingerprint density at radius 3 is 2.43 bits per heavy atom. The Kier molecular flexibility index (Phi) is 3.51. The molecule has 5 nitrogen and oxygen atoms in total. The number of aryl methyl sites for hydroxylation is 1. The second-order valence-electron chi connectivity index (χ2n) is 6.29. The van der Waals surface area contributed by atoms with Gasteiger partial charge < -0.3 is 0 Å². The van der Waals surface area contributed by atoms with E-state index in [-0.39, 0.29) is 5.91 Å². The van der Waals surface area contributed by atoms with Gasteiger partial charge in [0, 0.05) is 25.0 Å². The van der Waals surface area contributed by atoms with Crippen molar-refractivity contribution in [2.75, 3.05) is 11.9 Å². The third-order valence-corrected chi connectivity index (χ3v) is 4.41. The highest BCUT2D eigenvalue weighted by atomic mass is 16.2. The third-order valence-electron chi connectivity index (χ3n) is 4.41. The van der Waals surface area contributed by atoms with Crippen LogP contribution >= 0.6 is 0 Å². The van der Waals surface area contributed by atoms with Crippen molar-refractivity contribution >= 4 is 17.4 Å². The molecule has 0 atom stereocenters. The van der Waals surface area contributed by atoms with E-state index in [4.69, 9.17) is 0 Å². The van der Waals surface area contributed by atoms with Crippen LogP contribution < -0.4 is 4.90 Å². The lowest BCUT2D eigenvalue weighted by molar-refractivity contribution is -0.121. The van der Waals surface area contributed by atoms with Gasteiger partial charge in [-0.25, -0.2) is 9.97 Å². The summed E-state index contributed by atoms with van der Waals surface area (Å²) in [5.74, 6) is 1.48. The fourth-order valence-corrected chi connectivity index (χ4v) is 2.89. The number of amidine groups is 1. The zero-order valence-corrected chi connectivity index (χ0v) is 14.1. The number of aliphatic imine (C=N–C) groups is 1. The van der Waals surface area contributed by atoms with Gasteiger partial charge in [-0.3, -0.25) is 14.7 Å². The van der Waals surface area contributed by atoms with Gasteiger partial charge in [-0.2, -0.15) is 0 Å². The quantitative estimate of drug-likeness (QED) is 0.601. The molecule has 0 aliphatic carbocycles. The molecule has 1 aromatic carbocycles. The molecule has 2 aromatic rings. The lowest BCUT2D eigenvalue weighted by Crippen LogP contribution is -2.39. The summed E-state index contributed by atoms with van der Waals surface area (Å²) in [6, 6.07) is 6.06. The number of nitrogens with zero attached hydrogens (tertiary/aromatic N) is 4. The summed E-state index contributed by atoms with van der Waals surface area (Å²) in [6.45, 7) is 7.61. The molecule has 1 aliphatic rings. The Morgan fingerprint density at radius 2 is 1.83 bits per heavy atom. The molecule has 0 spiro atoms. The zero-order valence-electron chi connectivity index (χ0n) is 14.1. The Morgan fingerprint density at radius 1 is 1.17 bits per heavy atom. The molecule has 0 saturated carbocycles. The largest absolute Gasteiger partial charge is 0.275 e. The number of hydrogen-bond acceptors (Lipinski definition) is 4. The summed E-state index contributed by atoms with van der Waals surface area (Å²) < 4.78 is 0. The van der Waals surface area contributed by atoms with Crippen LogP contribution in [0.5, 0.6) is 0 Å². The highest BCUT2D eigenvalue weighted by molar-refractivity contribution is 6.23. The van der Waals surface area contributed by atoms with Crippen LogP contribution in [0.15, 0.2) is 35.6 Å². The molecule has 0 radical (unpaired) electrons. The Labute approximate surface area is 136 Å². The molecule has 0 unspecified atom stereocenters. The number of amides is 1. The summed E-state index contributed by atoms with van der Waals surface area (Å²) in [5.41, 5.74) is 3.28. The monoisotopic (exact) mass is 308 g/mol. The van der Waals surface area contributed by atoms with Crippen molar-refractivity contribution in [3.05, 3.63) is 42.0 Å². The van der Waals surface area contributed by atoms with Crippen LogP contribution in [-0.4, -0.2) is 28.8 Å². The number of carbonyl (C=O) groups is 1. The molecular weight excluding hydrogens is 288 g/mol. The van der Waals surface area contributed by atoms with Crippen molar-refractivity contribution in [3.8, 4) is 11.1 Å². The van der Waals surface area contributed by atoms with Crippen LogP contribution in [0.25, 0.3) is 11.1 Å². The lowest BCUT2D eigenvalue weighted by Gasteiger charge is -2.19. The topological polar surface area (TPSA) is 58.5 Å². The number of aromatic nitrogens is 2. The average Bonchev–Trinajstić information content (AvgIpc) is 2.74. The Balaban J connectivity index is 2.17. The summed E-state index contributed by atoms with van der Waals surface area (Å²) in [5, 5.41) is 0. The average molecular weight is 308 g/mol. The molecular formula is C18H20N4O. The van der Waals surface area contributed by atoms with Gasteiger partial charge in [0.25, 0.3) is 0 Å². The van der Waals surface area contributed by atoms with E-state index in [1.807, 2.05) is 45.9 Å². The van der Waals surface area contributed by atoms with Gasteiger partial charge in [-0.05, 0) is 44.9 Å². The van der Waals surface area contributed by atoms with Crippen LogP contribution in [0.1, 0.15) is 32.2 Å². The summed E-state index contributed by atoms with van der Waals surface area (Å²) in [4.78, 5) is 27.2. The van der Waals surface area contributed by atoms with E-state index in [9.17, 15) is 4.79 Å². The fourth-order valence-electron chi connectivity index (χ4n) is 2.89. The van der Waals surface area contributed by atoms with Gasteiger partial charge in [0.15, 0.2) is 0 Å². The van der Waals surface area contributed by atoms with Crippen LogP contribution in [0, 0.1) is 6.92 Å². The standard InChI is InChI=1S/C18H20N4O/c1-11-20-9-14(10-21-11)13-6-7-15-16(8-13)22(12(2)19-5)17(23)18(15,3)4/h6-10H,1-5H3. The van der Waals surface area contributed by atoms with Crippen molar-refractivity contribution in [1.82, 2.24) is 9.97 Å². The van der Waals surface area contributed by atoms with Gasteiger partial charge in [-0.15, -0.1) is 0 Å². The minimum atomic E-state index is -0.552. The van der Waals surface area contributed by atoms with E-state index in [1.54, 1.807) is 24.3 Å². The maximum atomic E-state index is 12.8. The van der Waals surface area contributed by atoms with Gasteiger partial charge in [0.1, 0.15) is 11.7 Å². The van der Waals surface area contributed by atoms with Crippen molar-refractivity contribution in [3.63, 3.8) is 0 Å². The third kappa shape index (κ3) is 2.32. The Bertz CT molecular complexity index is 806. The van der Waals surface area contributed by atoms with Gasteiger partial charge in [-0.1, -0.05) is 12.1 Å². The first-order valence-electron chi connectivity index (χ1n) is 7.57. The number of benzene rings is 1. The van der Waals surface area contributed by atoms with Crippen LogP contribution in [0.4, 0.5) is 5.69 Å².